The maximum Gasteiger partial charge on any atom is 0.416 e. The molecule has 0 saturated heterocycles. The number of ether oxygens (including phenoxy) is 1. The standard InChI is InChI=1S/C9H5F3O/c1-2-13-8-5-3-7(4-6-8)9(10,11)12/h1,3-6H. The molecular weight excluding hydrogens is 181 g/mol. The number of rotatable bonds is 1. The highest BCUT2D eigenvalue weighted by atomic mass is 19.4. The van der Waals surface area contributed by atoms with E-state index < -0.39 is 11.7 Å². The topological polar surface area (TPSA) is 9.23 Å². The van der Waals surface area contributed by atoms with E-state index in [0.717, 1.165) is 12.1 Å². The molecule has 0 unspecified atom stereocenters. The van der Waals surface area contributed by atoms with Crippen molar-refractivity contribution in [2.24, 2.45) is 0 Å². The minimum Gasteiger partial charge on any atom is -0.408 e. The molecule has 0 N–H and O–H groups in total. The van der Waals surface area contributed by atoms with Crippen molar-refractivity contribution in [3.8, 4) is 18.3 Å². The van der Waals surface area contributed by atoms with E-state index in [2.05, 4.69) is 4.74 Å². The van der Waals surface area contributed by atoms with Crippen LogP contribution in [-0.4, -0.2) is 0 Å². The van der Waals surface area contributed by atoms with Gasteiger partial charge in [0, 0.05) is 0 Å². The SMILES string of the molecule is C#COc1ccc(C(F)(F)F)cc1. The second-order valence-electron chi connectivity index (χ2n) is 2.24. The molecule has 0 amide bonds. The minimum absolute atomic E-state index is 0.218. The van der Waals surface area contributed by atoms with E-state index in [1.54, 1.807) is 0 Å². The first-order valence-electron chi connectivity index (χ1n) is 3.34. The molecule has 68 valence electrons. The van der Waals surface area contributed by atoms with Crippen LogP contribution in [0.15, 0.2) is 24.3 Å². The van der Waals surface area contributed by atoms with Gasteiger partial charge in [0.15, 0.2) is 0 Å². The second kappa shape index (κ2) is 3.40. The van der Waals surface area contributed by atoms with E-state index in [0.29, 0.717) is 0 Å². The fourth-order valence-corrected chi connectivity index (χ4v) is 0.780. The second-order valence-corrected chi connectivity index (χ2v) is 2.24. The van der Waals surface area contributed by atoms with E-state index in [9.17, 15) is 13.2 Å². The normalized spacial score (nSPS) is 10.6. The number of halogens is 3. The van der Waals surface area contributed by atoms with Gasteiger partial charge in [-0.1, -0.05) is 6.42 Å². The van der Waals surface area contributed by atoms with E-state index in [1.165, 1.54) is 12.1 Å². The zero-order valence-corrected chi connectivity index (χ0v) is 6.43. The summed E-state index contributed by atoms with van der Waals surface area (Å²) in [7, 11) is 0. The first-order valence-corrected chi connectivity index (χ1v) is 3.34. The van der Waals surface area contributed by atoms with Gasteiger partial charge >= 0.3 is 6.18 Å². The maximum atomic E-state index is 12.0. The molecule has 0 bridgehead atoms. The van der Waals surface area contributed by atoms with Gasteiger partial charge in [0.05, 0.1) is 5.56 Å². The summed E-state index contributed by atoms with van der Waals surface area (Å²) in [4.78, 5) is 0. The average Bonchev–Trinajstić information content (AvgIpc) is 2.04. The predicted octanol–water partition coefficient (Wildman–Crippen LogP) is 2.67. The number of terminal acetylenes is 1. The molecule has 0 aliphatic carbocycles. The van der Waals surface area contributed by atoms with Crippen LogP contribution < -0.4 is 4.74 Å². The van der Waals surface area contributed by atoms with Gasteiger partial charge in [-0.05, 0) is 24.3 Å². The monoisotopic (exact) mass is 186 g/mol. The number of hydrogen-bond donors (Lipinski definition) is 0. The average molecular weight is 186 g/mol. The van der Waals surface area contributed by atoms with E-state index in [-0.39, 0.29) is 5.75 Å². The van der Waals surface area contributed by atoms with E-state index >= 15 is 0 Å². The molecule has 1 aromatic rings. The highest BCUT2D eigenvalue weighted by molar-refractivity contribution is 5.29. The van der Waals surface area contributed by atoms with Gasteiger partial charge in [0.25, 0.3) is 0 Å². The van der Waals surface area contributed by atoms with E-state index in [4.69, 9.17) is 6.42 Å². The number of benzene rings is 1. The van der Waals surface area contributed by atoms with Crippen LogP contribution in [0.2, 0.25) is 0 Å². The Bertz CT molecular complexity index is 318. The zero-order chi connectivity index (χ0) is 9.90. The molecule has 0 aliphatic heterocycles. The highest BCUT2D eigenvalue weighted by Gasteiger charge is 2.29. The Morgan fingerprint density at radius 2 is 1.69 bits per heavy atom. The molecule has 0 spiro atoms. The van der Waals surface area contributed by atoms with Gasteiger partial charge in [-0.25, -0.2) is 0 Å². The molecule has 0 aliphatic rings. The molecule has 1 nitrogen and oxygen atoms in total. The Morgan fingerprint density at radius 3 is 2.08 bits per heavy atom. The fourth-order valence-electron chi connectivity index (χ4n) is 0.780. The third kappa shape index (κ3) is 2.41. The number of alkyl halides is 3. The highest BCUT2D eigenvalue weighted by Crippen LogP contribution is 2.30. The largest absolute Gasteiger partial charge is 0.416 e. The lowest BCUT2D eigenvalue weighted by atomic mass is 10.2. The molecule has 0 fully saturated rings. The first-order chi connectivity index (χ1) is 6.04. The molecule has 13 heavy (non-hydrogen) atoms. The smallest absolute Gasteiger partial charge is 0.408 e. The molecular formula is C9H5F3O. The van der Waals surface area contributed by atoms with Gasteiger partial charge < -0.3 is 4.74 Å². The molecule has 1 aromatic carbocycles. The summed E-state index contributed by atoms with van der Waals surface area (Å²) < 4.78 is 40.6. The molecule has 0 aromatic heterocycles. The summed E-state index contributed by atoms with van der Waals surface area (Å²) in [5.74, 6) is 0.218. The van der Waals surface area contributed by atoms with Crippen LogP contribution in [0.1, 0.15) is 5.56 Å². The zero-order valence-electron chi connectivity index (χ0n) is 6.43. The van der Waals surface area contributed by atoms with Crippen molar-refractivity contribution in [2.75, 3.05) is 0 Å². The van der Waals surface area contributed by atoms with Crippen molar-refractivity contribution in [1.82, 2.24) is 0 Å². The van der Waals surface area contributed by atoms with Crippen LogP contribution in [0.4, 0.5) is 13.2 Å². The van der Waals surface area contributed by atoms with E-state index in [1.807, 2.05) is 6.11 Å². The van der Waals surface area contributed by atoms with Crippen LogP contribution in [0.25, 0.3) is 0 Å². The molecule has 0 radical (unpaired) electrons. The first kappa shape index (κ1) is 9.46. The van der Waals surface area contributed by atoms with Crippen LogP contribution in [-0.2, 0) is 6.18 Å². The molecule has 4 heteroatoms. The molecule has 0 saturated carbocycles. The Morgan fingerprint density at radius 1 is 1.15 bits per heavy atom. The lowest BCUT2D eigenvalue weighted by Gasteiger charge is -2.05. The van der Waals surface area contributed by atoms with Gasteiger partial charge in [-0.3, -0.25) is 0 Å². The van der Waals surface area contributed by atoms with Crippen molar-refractivity contribution in [2.45, 2.75) is 6.18 Å². The van der Waals surface area contributed by atoms with Gasteiger partial charge in [-0.15, -0.1) is 0 Å². The van der Waals surface area contributed by atoms with Crippen molar-refractivity contribution in [3.05, 3.63) is 29.8 Å². The predicted molar refractivity (Wildman–Crippen MR) is 40.9 cm³/mol. The number of hydrogen-bond acceptors (Lipinski definition) is 1. The lowest BCUT2D eigenvalue weighted by Crippen LogP contribution is -2.03. The Hall–Kier alpha value is -1.63. The third-order valence-electron chi connectivity index (χ3n) is 1.36. The van der Waals surface area contributed by atoms with Crippen LogP contribution in [0.5, 0.6) is 5.75 Å². The Balaban J connectivity index is 2.89. The van der Waals surface area contributed by atoms with Crippen molar-refractivity contribution < 1.29 is 17.9 Å². The van der Waals surface area contributed by atoms with Gasteiger partial charge in [0.1, 0.15) is 11.9 Å². The van der Waals surface area contributed by atoms with Crippen molar-refractivity contribution >= 4 is 0 Å². The van der Waals surface area contributed by atoms with Crippen molar-refractivity contribution in [1.29, 1.82) is 0 Å². The summed E-state index contributed by atoms with van der Waals surface area (Å²) in [5.41, 5.74) is -0.725. The van der Waals surface area contributed by atoms with Crippen LogP contribution >= 0.6 is 0 Å². The van der Waals surface area contributed by atoms with Crippen LogP contribution in [0.3, 0.4) is 0 Å². The maximum absolute atomic E-state index is 12.0. The summed E-state index contributed by atoms with van der Waals surface area (Å²) in [6.45, 7) is 0. The quantitative estimate of drug-likeness (QED) is 0.612. The third-order valence-corrected chi connectivity index (χ3v) is 1.36. The Kier molecular flexibility index (Phi) is 2.47. The Labute approximate surface area is 73.1 Å². The van der Waals surface area contributed by atoms with Gasteiger partial charge in [0.2, 0.25) is 0 Å². The molecule has 1 rings (SSSR count). The van der Waals surface area contributed by atoms with Crippen LogP contribution in [0, 0.1) is 12.5 Å². The molecule has 0 atom stereocenters. The lowest BCUT2D eigenvalue weighted by molar-refractivity contribution is -0.137. The summed E-state index contributed by atoms with van der Waals surface area (Å²) >= 11 is 0. The summed E-state index contributed by atoms with van der Waals surface area (Å²) in [6, 6.07) is 4.16. The fraction of sp³-hybridized carbons (Fsp3) is 0.111. The molecule has 0 heterocycles. The van der Waals surface area contributed by atoms with Gasteiger partial charge in [-0.2, -0.15) is 13.2 Å². The van der Waals surface area contributed by atoms with Crippen molar-refractivity contribution in [3.63, 3.8) is 0 Å². The summed E-state index contributed by atoms with van der Waals surface area (Å²) in [5, 5.41) is 0. The summed E-state index contributed by atoms with van der Waals surface area (Å²) in [6.07, 6.45) is 2.33. The minimum atomic E-state index is -4.32.